The number of nitrogens with zero attached hydrogens (tertiary/aromatic N) is 2. The van der Waals surface area contributed by atoms with Crippen molar-refractivity contribution in [2.24, 2.45) is 11.1 Å². The number of thiophene rings is 1. The summed E-state index contributed by atoms with van der Waals surface area (Å²) in [6.45, 7) is 7.85. The normalized spacial score (nSPS) is 20.9. The zero-order chi connectivity index (χ0) is 19.9. The number of aryl methyl sites for hydroxylation is 1. The fourth-order valence-corrected chi connectivity index (χ4v) is 5.23. The maximum absolute atomic E-state index is 13.3. The maximum atomic E-state index is 13.3. The first-order valence-electron chi connectivity index (χ1n) is 10.2. The van der Waals surface area contributed by atoms with Crippen molar-refractivity contribution in [2.45, 2.75) is 65.3 Å². The van der Waals surface area contributed by atoms with Crippen LogP contribution < -0.4 is 22.3 Å². The van der Waals surface area contributed by atoms with E-state index >= 15 is 0 Å². The number of nitrogens with one attached hydrogen (secondary N) is 1. The minimum atomic E-state index is -0.191. The average molecular weight is 407 g/mol. The number of nitrogens with two attached hydrogens (primary N) is 1. The Morgan fingerprint density at radius 3 is 2.75 bits per heavy atom. The molecular formula is C20H30N4O3S. The van der Waals surface area contributed by atoms with Crippen LogP contribution in [0.5, 0.6) is 0 Å². The van der Waals surface area contributed by atoms with E-state index in [1.165, 1.54) is 4.57 Å². The highest BCUT2D eigenvalue weighted by molar-refractivity contribution is 7.18. The highest BCUT2D eigenvalue weighted by Crippen LogP contribution is 2.46. The Labute approximate surface area is 168 Å². The topological polar surface area (TPSA) is 91.3 Å². The van der Waals surface area contributed by atoms with Gasteiger partial charge < -0.3 is 15.8 Å². The van der Waals surface area contributed by atoms with E-state index < -0.39 is 0 Å². The van der Waals surface area contributed by atoms with Gasteiger partial charge in [-0.15, -0.1) is 11.3 Å². The lowest BCUT2D eigenvalue weighted by Gasteiger charge is -2.17. The Bertz CT molecular complexity index is 980. The number of ether oxygens (including phenoxy) is 1. The van der Waals surface area contributed by atoms with Crippen LogP contribution in [-0.4, -0.2) is 34.9 Å². The Kier molecular flexibility index (Phi) is 5.48. The monoisotopic (exact) mass is 406 g/mol. The molecule has 0 spiro atoms. The minimum absolute atomic E-state index is 0.0459. The van der Waals surface area contributed by atoms with Crippen LogP contribution in [0.15, 0.2) is 9.59 Å². The summed E-state index contributed by atoms with van der Waals surface area (Å²) in [5.74, 6) is 0. The second kappa shape index (κ2) is 7.74. The Morgan fingerprint density at radius 2 is 2.11 bits per heavy atom. The number of rotatable bonds is 8. The van der Waals surface area contributed by atoms with Crippen LogP contribution in [0.4, 0.5) is 0 Å². The van der Waals surface area contributed by atoms with Gasteiger partial charge in [-0.2, -0.15) is 0 Å². The zero-order valence-corrected chi connectivity index (χ0v) is 17.6. The SMILES string of the molecule is Cc1c(CNCCN)sc2c1c(=O)n(CC1(C)CC1)c(=O)n2CC1CCCO1. The van der Waals surface area contributed by atoms with Gasteiger partial charge in [-0.25, -0.2) is 4.79 Å². The molecular weight excluding hydrogens is 376 g/mol. The zero-order valence-electron chi connectivity index (χ0n) is 16.8. The Hall–Kier alpha value is -1.48. The lowest BCUT2D eigenvalue weighted by molar-refractivity contribution is 0.0965. The summed E-state index contributed by atoms with van der Waals surface area (Å²) in [4.78, 5) is 28.5. The molecule has 4 rings (SSSR count). The molecule has 154 valence electrons. The van der Waals surface area contributed by atoms with E-state index in [0.29, 0.717) is 31.6 Å². The van der Waals surface area contributed by atoms with E-state index in [-0.39, 0.29) is 22.8 Å². The van der Waals surface area contributed by atoms with Crippen molar-refractivity contribution in [3.8, 4) is 0 Å². The molecule has 0 bridgehead atoms. The molecule has 0 amide bonds. The lowest BCUT2D eigenvalue weighted by Crippen LogP contribution is -2.42. The highest BCUT2D eigenvalue weighted by Gasteiger charge is 2.39. The summed E-state index contributed by atoms with van der Waals surface area (Å²) in [5, 5.41) is 4.00. The molecule has 2 aromatic heterocycles. The summed E-state index contributed by atoms with van der Waals surface area (Å²) >= 11 is 1.55. The number of fused-ring (bicyclic) bond motifs is 1. The van der Waals surface area contributed by atoms with Gasteiger partial charge in [0.1, 0.15) is 4.83 Å². The van der Waals surface area contributed by atoms with Crippen LogP contribution in [0.2, 0.25) is 0 Å². The highest BCUT2D eigenvalue weighted by atomic mass is 32.1. The first-order chi connectivity index (χ1) is 13.4. The molecule has 28 heavy (non-hydrogen) atoms. The van der Waals surface area contributed by atoms with Crippen molar-refractivity contribution < 1.29 is 4.74 Å². The smallest absolute Gasteiger partial charge is 0.332 e. The van der Waals surface area contributed by atoms with Crippen molar-refractivity contribution >= 4 is 21.6 Å². The van der Waals surface area contributed by atoms with E-state index in [4.69, 9.17) is 10.5 Å². The van der Waals surface area contributed by atoms with Crippen molar-refractivity contribution in [2.75, 3.05) is 19.7 Å². The first-order valence-corrected chi connectivity index (χ1v) is 11.0. The van der Waals surface area contributed by atoms with E-state index in [9.17, 15) is 9.59 Å². The number of aromatic nitrogens is 2. The third-order valence-corrected chi connectivity index (χ3v) is 7.37. The van der Waals surface area contributed by atoms with Crippen LogP contribution in [0.25, 0.3) is 10.2 Å². The fraction of sp³-hybridized carbons (Fsp3) is 0.700. The van der Waals surface area contributed by atoms with Gasteiger partial charge in [0.25, 0.3) is 5.56 Å². The molecule has 1 saturated carbocycles. The van der Waals surface area contributed by atoms with E-state index in [2.05, 4.69) is 12.2 Å². The van der Waals surface area contributed by atoms with Crippen LogP contribution in [0, 0.1) is 12.3 Å². The molecule has 0 aromatic carbocycles. The van der Waals surface area contributed by atoms with Crippen LogP contribution in [0.3, 0.4) is 0 Å². The molecule has 1 aliphatic heterocycles. The summed E-state index contributed by atoms with van der Waals surface area (Å²) in [7, 11) is 0. The van der Waals surface area contributed by atoms with E-state index in [0.717, 1.165) is 54.1 Å². The summed E-state index contributed by atoms with van der Waals surface area (Å²) in [6.07, 6.45) is 4.17. The fourth-order valence-electron chi connectivity index (χ4n) is 3.96. The second-order valence-corrected chi connectivity index (χ2v) is 9.61. The average Bonchev–Trinajstić information content (AvgIpc) is 3.05. The molecule has 1 aliphatic carbocycles. The van der Waals surface area contributed by atoms with Gasteiger partial charge in [-0.3, -0.25) is 13.9 Å². The van der Waals surface area contributed by atoms with Gasteiger partial charge in [-0.1, -0.05) is 6.92 Å². The minimum Gasteiger partial charge on any atom is -0.376 e. The first kappa shape index (κ1) is 19.8. The van der Waals surface area contributed by atoms with Gasteiger partial charge in [0.15, 0.2) is 0 Å². The van der Waals surface area contributed by atoms with Gasteiger partial charge in [0.2, 0.25) is 0 Å². The maximum Gasteiger partial charge on any atom is 0.332 e. The van der Waals surface area contributed by atoms with Gasteiger partial charge in [-0.05, 0) is 43.6 Å². The van der Waals surface area contributed by atoms with Crippen molar-refractivity contribution in [1.82, 2.24) is 14.5 Å². The predicted octanol–water partition coefficient (Wildman–Crippen LogP) is 1.56. The Morgan fingerprint density at radius 1 is 1.32 bits per heavy atom. The molecule has 2 aromatic rings. The molecule has 1 unspecified atom stereocenters. The van der Waals surface area contributed by atoms with Crippen LogP contribution in [0.1, 0.15) is 43.0 Å². The molecule has 3 N–H and O–H groups in total. The predicted molar refractivity (Wildman–Crippen MR) is 112 cm³/mol. The standard InChI is InChI=1S/C20H30N4O3S/c1-13-15(10-22-8-7-21)28-18-16(13)17(25)24(12-20(2)5-6-20)19(26)23(18)11-14-4-3-9-27-14/h14,22H,3-12,21H2,1-2H3. The van der Waals surface area contributed by atoms with Gasteiger partial charge >= 0.3 is 5.69 Å². The second-order valence-electron chi connectivity index (χ2n) is 8.53. The van der Waals surface area contributed by atoms with Gasteiger partial charge in [0, 0.05) is 37.7 Å². The third kappa shape index (κ3) is 3.70. The molecule has 8 heteroatoms. The quantitative estimate of drug-likeness (QED) is 0.649. The lowest BCUT2D eigenvalue weighted by atomic mass is 10.1. The summed E-state index contributed by atoms with van der Waals surface area (Å²) < 4.78 is 9.06. The molecule has 0 radical (unpaired) electrons. The molecule has 7 nitrogen and oxygen atoms in total. The van der Waals surface area contributed by atoms with Crippen LogP contribution in [-0.2, 0) is 24.4 Å². The number of hydrogen-bond acceptors (Lipinski definition) is 6. The molecule has 1 atom stereocenters. The molecule has 2 fully saturated rings. The number of hydrogen-bond donors (Lipinski definition) is 2. The molecule has 3 heterocycles. The van der Waals surface area contributed by atoms with Crippen molar-refractivity contribution in [1.29, 1.82) is 0 Å². The molecule has 1 saturated heterocycles. The molecule has 2 aliphatic rings. The van der Waals surface area contributed by atoms with Crippen molar-refractivity contribution in [3.63, 3.8) is 0 Å². The Balaban J connectivity index is 1.83. The summed E-state index contributed by atoms with van der Waals surface area (Å²) in [6, 6.07) is 0. The third-order valence-electron chi connectivity index (χ3n) is 6.05. The van der Waals surface area contributed by atoms with Crippen molar-refractivity contribution in [3.05, 3.63) is 31.3 Å². The van der Waals surface area contributed by atoms with E-state index in [1.54, 1.807) is 15.9 Å². The van der Waals surface area contributed by atoms with Crippen LogP contribution >= 0.6 is 11.3 Å². The van der Waals surface area contributed by atoms with E-state index in [1.807, 2.05) is 6.92 Å². The largest absolute Gasteiger partial charge is 0.376 e. The summed E-state index contributed by atoms with van der Waals surface area (Å²) in [5.41, 5.74) is 6.30. The van der Waals surface area contributed by atoms with Gasteiger partial charge in [0.05, 0.1) is 18.0 Å².